The number of rotatable bonds is 8. The Hall–Kier alpha value is -3.55. The summed E-state index contributed by atoms with van der Waals surface area (Å²) in [6, 6.07) is 17.1. The van der Waals surface area contributed by atoms with Crippen LogP contribution < -0.4 is 10.1 Å². The van der Waals surface area contributed by atoms with Crippen molar-refractivity contribution in [1.29, 1.82) is 0 Å². The Morgan fingerprint density at radius 3 is 2.55 bits per heavy atom. The summed E-state index contributed by atoms with van der Waals surface area (Å²) in [5.74, 6) is 1.17. The molecule has 4 aromatic rings. The number of benzene rings is 2. The van der Waals surface area contributed by atoms with Crippen molar-refractivity contribution in [3.05, 3.63) is 99.6 Å². The van der Waals surface area contributed by atoms with E-state index in [0.717, 1.165) is 5.56 Å². The maximum absolute atomic E-state index is 12.5. The number of hydrogen-bond acceptors (Lipinski definition) is 5. The van der Waals surface area contributed by atoms with Gasteiger partial charge in [-0.15, -0.1) is 0 Å². The third kappa shape index (κ3) is 5.83. The Morgan fingerprint density at radius 2 is 1.82 bits per heavy atom. The number of hydrogen-bond donors (Lipinski definition) is 1. The fourth-order valence-corrected chi connectivity index (χ4v) is 3.36. The fourth-order valence-electron chi connectivity index (χ4n) is 3.04. The Kier molecular flexibility index (Phi) is 6.82. The average molecular weight is 484 g/mol. The lowest BCUT2D eigenvalue weighted by Crippen LogP contribution is -2.12. The molecule has 1 N–H and O–H groups in total. The van der Waals surface area contributed by atoms with Crippen molar-refractivity contribution < 1.29 is 18.7 Å². The van der Waals surface area contributed by atoms with E-state index in [4.69, 9.17) is 32.4 Å². The summed E-state index contributed by atoms with van der Waals surface area (Å²) in [5.41, 5.74) is 1.54. The predicted octanol–water partition coefficient (Wildman–Crippen LogP) is 5.87. The molecular formula is C24H19Cl2N3O4. The molecule has 168 valence electrons. The van der Waals surface area contributed by atoms with Gasteiger partial charge in [0.2, 0.25) is 0 Å². The van der Waals surface area contributed by atoms with E-state index in [1.165, 1.54) is 6.92 Å². The van der Waals surface area contributed by atoms with Crippen LogP contribution in [0.15, 0.2) is 71.3 Å². The number of aromatic nitrogens is 2. The van der Waals surface area contributed by atoms with Crippen LogP contribution in [-0.4, -0.2) is 21.5 Å². The quantitative estimate of drug-likeness (QED) is 0.317. The van der Waals surface area contributed by atoms with Gasteiger partial charge in [-0.2, -0.15) is 5.10 Å². The molecule has 0 atom stereocenters. The number of anilines is 1. The first-order chi connectivity index (χ1) is 15.9. The summed E-state index contributed by atoms with van der Waals surface area (Å²) < 4.78 is 12.9. The zero-order valence-corrected chi connectivity index (χ0v) is 19.1. The van der Waals surface area contributed by atoms with Crippen LogP contribution >= 0.6 is 23.2 Å². The normalized spacial score (nSPS) is 10.8. The van der Waals surface area contributed by atoms with E-state index in [2.05, 4.69) is 10.4 Å². The minimum Gasteiger partial charge on any atom is -0.486 e. The highest BCUT2D eigenvalue weighted by Gasteiger charge is 2.13. The molecule has 0 fully saturated rings. The Morgan fingerprint density at radius 1 is 1.03 bits per heavy atom. The number of carbonyl (C=O) groups excluding carboxylic acids is 2. The molecular weight excluding hydrogens is 465 g/mol. The van der Waals surface area contributed by atoms with Gasteiger partial charge < -0.3 is 14.5 Å². The zero-order chi connectivity index (χ0) is 23.4. The fraction of sp³-hybridized carbons (Fsp3) is 0.125. The number of nitrogens with zero attached hydrogens (tertiary/aromatic N) is 2. The summed E-state index contributed by atoms with van der Waals surface area (Å²) >= 11 is 12.0. The summed E-state index contributed by atoms with van der Waals surface area (Å²) in [7, 11) is 0. The van der Waals surface area contributed by atoms with Gasteiger partial charge in [-0.05, 0) is 61.0 Å². The average Bonchev–Trinajstić information content (AvgIpc) is 3.45. The number of amides is 1. The number of ketones is 1. The monoisotopic (exact) mass is 483 g/mol. The topological polar surface area (TPSA) is 86.4 Å². The summed E-state index contributed by atoms with van der Waals surface area (Å²) in [5, 5.41) is 8.01. The molecule has 0 radical (unpaired) electrons. The minimum atomic E-state index is -0.424. The van der Waals surface area contributed by atoms with Crippen LogP contribution in [0.2, 0.25) is 10.0 Å². The predicted molar refractivity (Wildman–Crippen MR) is 125 cm³/mol. The van der Waals surface area contributed by atoms with Gasteiger partial charge in [0.25, 0.3) is 5.91 Å². The van der Waals surface area contributed by atoms with E-state index in [-0.39, 0.29) is 18.2 Å². The molecule has 0 saturated heterocycles. The molecule has 9 heteroatoms. The molecule has 0 unspecified atom stereocenters. The first kappa shape index (κ1) is 22.6. The Bertz CT molecular complexity index is 1300. The SMILES string of the molecule is CC(=O)c1ccc(OCc2ccc(C(=O)Nc3ccn(Cc4ccc(Cl)c(Cl)c4)n3)o2)cc1. The maximum Gasteiger partial charge on any atom is 0.292 e. The van der Waals surface area contributed by atoms with Crippen molar-refractivity contribution in [2.24, 2.45) is 0 Å². The summed E-state index contributed by atoms with van der Waals surface area (Å²) in [6.07, 6.45) is 1.75. The molecule has 2 aromatic carbocycles. The smallest absolute Gasteiger partial charge is 0.292 e. The molecule has 2 heterocycles. The lowest BCUT2D eigenvalue weighted by molar-refractivity contribution is 0.0990. The van der Waals surface area contributed by atoms with Crippen molar-refractivity contribution in [2.45, 2.75) is 20.1 Å². The molecule has 0 bridgehead atoms. The molecule has 7 nitrogen and oxygen atoms in total. The molecule has 2 aromatic heterocycles. The van der Waals surface area contributed by atoms with E-state index in [1.54, 1.807) is 65.5 Å². The van der Waals surface area contributed by atoms with Crippen molar-refractivity contribution in [2.75, 3.05) is 5.32 Å². The number of halogens is 2. The van der Waals surface area contributed by atoms with E-state index in [9.17, 15) is 9.59 Å². The molecule has 0 spiro atoms. The molecule has 0 aliphatic carbocycles. The van der Waals surface area contributed by atoms with Crippen LogP contribution in [0.5, 0.6) is 5.75 Å². The lowest BCUT2D eigenvalue weighted by Gasteiger charge is -2.05. The third-order valence-corrected chi connectivity index (χ3v) is 5.48. The van der Waals surface area contributed by atoms with Crippen LogP contribution in [0.4, 0.5) is 5.82 Å². The highest BCUT2D eigenvalue weighted by molar-refractivity contribution is 6.42. The summed E-state index contributed by atoms with van der Waals surface area (Å²) in [6.45, 7) is 2.12. The highest BCUT2D eigenvalue weighted by atomic mass is 35.5. The van der Waals surface area contributed by atoms with Crippen LogP contribution in [0, 0.1) is 0 Å². The highest BCUT2D eigenvalue weighted by Crippen LogP contribution is 2.23. The first-order valence-electron chi connectivity index (χ1n) is 9.98. The first-order valence-corrected chi connectivity index (χ1v) is 10.7. The second-order valence-corrected chi connectivity index (χ2v) is 8.05. The van der Waals surface area contributed by atoms with Gasteiger partial charge in [-0.25, -0.2) is 0 Å². The van der Waals surface area contributed by atoms with Gasteiger partial charge in [0.1, 0.15) is 18.1 Å². The van der Waals surface area contributed by atoms with Crippen LogP contribution in [0.3, 0.4) is 0 Å². The van der Waals surface area contributed by atoms with Gasteiger partial charge in [-0.1, -0.05) is 29.3 Å². The number of Topliss-reactive ketones (excluding diaryl/α,β-unsaturated/α-hetero) is 1. The van der Waals surface area contributed by atoms with E-state index < -0.39 is 5.91 Å². The summed E-state index contributed by atoms with van der Waals surface area (Å²) in [4.78, 5) is 23.8. The van der Waals surface area contributed by atoms with Crippen LogP contribution in [0.25, 0.3) is 0 Å². The molecule has 0 saturated carbocycles. The van der Waals surface area contributed by atoms with Crippen LogP contribution in [0.1, 0.15) is 39.2 Å². The number of nitrogens with one attached hydrogen (secondary N) is 1. The van der Waals surface area contributed by atoms with Gasteiger partial charge in [-0.3, -0.25) is 14.3 Å². The molecule has 1 amide bonds. The standard InChI is InChI=1S/C24H19Cl2N3O4/c1-15(30)17-3-5-18(6-4-17)32-14-19-7-9-22(33-19)24(31)27-23-10-11-29(28-23)13-16-2-8-20(25)21(26)12-16/h2-12H,13-14H2,1H3,(H,27,28,31). The van der Waals surface area contributed by atoms with Crippen molar-refractivity contribution in [3.8, 4) is 5.75 Å². The van der Waals surface area contributed by atoms with E-state index in [1.807, 2.05) is 6.07 Å². The molecule has 0 aliphatic rings. The minimum absolute atomic E-state index is 0.0116. The number of carbonyl (C=O) groups is 2. The van der Waals surface area contributed by atoms with Gasteiger partial charge >= 0.3 is 0 Å². The largest absolute Gasteiger partial charge is 0.486 e. The van der Waals surface area contributed by atoms with Gasteiger partial charge in [0.15, 0.2) is 17.4 Å². The number of furan rings is 1. The van der Waals surface area contributed by atoms with Gasteiger partial charge in [0, 0.05) is 17.8 Å². The van der Waals surface area contributed by atoms with Crippen molar-refractivity contribution >= 4 is 40.7 Å². The number of ether oxygens (including phenoxy) is 1. The third-order valence-electron chi connectivity index (χ3n) is 4.74. The van der Waals surface area contributed by atoms with Crippen LogP contribution in [-0.2, 0) is 13.2 Å². The maximum atomic E-state index is 12.5. The molecule has 33 heavy (non-hydrogen) atoms. The van der Waals surface area contributed by atoms with E-state index in [0.29, 0.717) is 39.5 Å². The molecule has 0 aliphatic heterocycles. The van der Waals surface area contributed by atoms with Crippen molar-refractivity contribution in [1.82, 2.24) is 9.78 Å². The zero-order valence-electron chi connectivity index (χ0n) is 17.5. The lowest BCUT2D eigenvalue weighted by atomic mass is 10.1. The van der Waals surface area contributed by atoms with Gasteiger partial charge in [0.05, 0.1) is 16.6 Å². The second-order valence-electron chi connectivity index (χ2n) is 7.24. The molecule has 4 rings (SSSR count). The van der Waals surface area contributed by atoms with E-state index >= 15 is 0 Å². The second kappa shape index (κ2) is 9.94. The Balaban J connectivity index is 1.32. The Labute approximate surface area is 199 Å². The van der Waals surface area contributed by atoms with Crippen molar-refractivity contribution in [3.63, 3.8) is 0 Å².